The fourth-order valence-corrected chi connectivity index (χ4v) is 2.35. The Morgan fingerprint density at radius 1 is 1.38 bits per heavy atom. The number of aliphatic hydroxyl groups excluding tert-OH is 1. The van der Waals surface area contributed by atoms with Crippen molar-refractivity contribution in [2.24, 2.45) is 0 Å². The number of rotatable bonds is 3. The number of nitrogens with one attached hydrogen (secondary N) is 2. The Labute approximate surface area is 125 Å². The van der Waals surface area contributed by atoms with Crippen LogP contribution in [0.5, 0.6) is 0 Å². The number of halogens is 1. The van der Waals surface area contributed by atoms with Crippen LogP contribution in [-0.2, 0) is 6.54 Å². The van der Waals surface area contributed by atoms with Crippen LogP contribution in [0.25, 0.3) is 0 Å². The summed E-state index contributed by atoms with van der Waals surface area (Å²) in [5.41, 5.74) is 1.20. The molecule has 108 valence electrons. The Morgan fingerprint density at radius 3 is 3.00 bits per heavy atom. The van der Waals surface area contributed by atoms with Crippen molar-refractivity contribution in [2.75, 3.05) is 11.9 Å². The summed E-state index contributed by atoms with van der Waals surface area (Å²) >= 11 is 1.46. The van der Waals surface area contributed by atoms with Crippen LogP contribution in [0.3, 0.4) is 0 Å². The molecule has 4 nitrogen and oxygen atoms in total. The zero-order chi connectivity index (χ0) is 15.1. The van der Waals surface area contributed by atoms with Crippen molar-refractivity contribution in [3.8, 4) is 11.8 Å². The van der Waals surface area contributed by atoms with Gasteiger partial charge in [0.2, 0.25) is 0 Å². The van der Waals surface area contributed by atoms with Crippen molar-refractivity contribution in [1.29, 1.82) is 0 Å². The fourth-order valence-electron chi connectivity index (χ4n) is 1.59. The normalized spacial score (nSPS) is 9.62. The summed E-state index contributed by atoms with van der Waals surface area (Å²) in [5, 5.41) is 15.7. The van der Waals surface area contributed by atoms with Crippen LogP contribution in [0, 0.1) is 17.7 Å². The molecule has 0 saturated heterocycles. The minimum atomic E-state index is -0.406. The topological polar surface area (TPSA) is 61.4 Å². The van der Waals surface area contributed by atoms with E-state index in [0.29, 0.717) is 12.2 Å². The lowest BCUT2D eigenvalue weighted by Gasteiger charge is -2.06. The van der Waals surface area contributed by atoms with Gasteiger partial charge in [-0.05, 0) is 24.3 Å². The van der Waals surface area contributed by atoms with Crippen LogP contribution >= 0.6 is 11.3 Å². The molecule has 2 aromatic rings. The third kappa shape index (κ3) is 4.91. The molecular weight excluding hydrogens is 291 g/mol. The van der Waals surface area contributed by atoms with E-state index in [9.17, 15) is 9.18 Å². The van der Waals surface area contributed by atoms with E-state index in [1.165, 1.54) is 29.5 Å². The van der Waals surface area contributed by atoms with Crippen LogP contribution < -0.4 is 10.6 Å². The molecule has 1 aromatic heterocycles. The van der Waals surface area contributed by atoms with E-state index in [2.05, 4.69) is 22.5 Å². The molecule has 1 aromatic carbocycles. The first kappa shape index (κ1) is 15.0. The molecule has 2 rings (SSSR count). The SMILES string of the molecule is O=C(NCc1cc(C#CCO)cs1)Nc1cccc(F)c1. The van der Waals surface area contributed by atoms with Gasteiger partial charge < -0.3 is 15.7 Å². The van der Waals surface area contributed by atoms with Gasteiger partial charge in [0.15, 0.2) is 0 Å². The number of hydrogen-bond donors (Lipinski definition) is 3. The van der Waals surface area contributed by atoms with Gasteiger partial charge >= 0.3 is 6.03 Å². The Balaban J connectivity index is 1.85. The number of carbonyl (C=O) groups is 1. The zero-order valence-corrected chi connectivity index (χ0v) is 11.8. The third-order valence-electron chi connectivity index (χ3n) is 2.47. The number of carbonyl (C=O) groups excluding carboxylic acids is 1. The van der Waals surface area contributed by atoms with E-state index in [4.69, 9.17) is 5.11 Å². The number of benzene rings is 1. The van der Waals surface area contributed by atoms with E-state index in [1.54, 1.807) is 6.07 Å². The predicted octanol–water partition coefficient (Wildman–Crippen LogP) is 2.55. The van der Waals surface area contributed by atoms with Gasteiger partial charge in [0, 0.05) is 21.5 Å². The van der Waals surface area contributed by atoms with Crippen LogP contribution in [0.4, 0.5) is 14.9 Å². The first-order chi connectivity index (χ1) is 10.2. The molecule has 0 fully saturated rings. The van der Waals surface area contributed by atoms with Crippen molar-refractivity contribution in [3.05, 3.63) is 52.0 Å². The highest BCUT2D eigenvalue weighted by molar-refractivity contribution is 7.10. The molecule has 0 radical (unpaired) electrons. The summed E-state index contributed by atoms with van der Waals surface area (Å²) in [6, 6.07) is 7.12. The predicted molar refractivity (Wildman–Crippen MR) is 80.5 cm³/mol. The van der Waals surface area contributed by atoms with Gasteiger partial charge in [0.05, 0.1) is 6.54 Å². The van der Waals surface area contributed by atoms with Gasteiger partial charge in [-0.1, -0.05) is 17.9 Å². The van der Waals surface area contributed by atoms with Gasteiger partial charge in [-0.25, -0.2) is 9.18 Å². The number of anilines is 1. The van der Waals surface area contributed by atoms with Gasteiger partial charge in [0.1, 0.15) is 12.4 Å². The third-order valence-corrected chi connectivity index (χ3v) is 3.41. The average molecular weight is 304 g/mol. The molecule has 3 N–H and O–H groups in total. The van der Waals surface area contributed by atoms with Gasteiger partial charge in [-0.3, -0.25) is 0 Å². The largest absolute Gasteiger partial charge is 0.384 e. The van der Waals surface area contributed by atoms with Crippen LogP contribution in [-0.4, -0.2) is 17.7 Å². The maximum atomic E-state index is 13.0. The number of thiophene rings is 1. The maximum absolute atomic E-state index is 13.0. The summed E-state index contributed by atoms with van der Waals surface area (Å²) in [6.07, 6.45) is 0. The van der Waals surface area contributed by atoms with Crippen molar-refractivity contribution < 1.29 is 14.3 Å². The minimum Gasteiger partial charge on any atom is -0.384 e. The van der Waals surface area contributed by atoms with E-state index in [0.717, 1.165) is 10.4 Å². The fraction of sp³-hybridized carbons (Fsp3) is 0.133. The Hall–Kier alpha value is -2.36. The van der Waals surface area contributed by atoms with E-state index >= 15 is 0 Å². The zero-order valence-electron chi connectivity index (χ0n) is 11.0. The molecule has 1 heterocycles. The average Bonchev–Trinajstić information content (AvgIpc) is 2.91. The summed E-state index contributed by atoms with van der Waals surface area (Å²) in [7, 11) is 0. The molecule has 0 bridgehead atoms. The molecule has 0 spiro atoms. The number of amides is 2. The first-order valence-electron chi connectivity index (χ1n) is 6.15. The lowest BCUT2D eigenvalue weighted by Crippen LogP contribution is -2.27. The maximum Gasteiger partial charge on any atom is 0.319 e. The highest BCUT2D eigenvalue weighted by atomic mass is 32.1. The van der Waals surface area contributed by atoms with Gasteiger partial charge in [-0.15, -0.1) is 11.3 Å². The van der Waals surface area contributed by atoms with Gasteiger partial charge in [-0.2, -0.15) is 0 Å². The highest BCUT2D eigenvalue weighted by Crippen LogP contribution is 2.14. The molecule has 0 aliphatic rings. The first-order valence-corrected chi connectivity index (χ1v) is 7.03. The monoisotopic (exact) mass is 304 g/mol. The summed E-state index contributed by atoms with van der Waals surface area (Å²) in [5.74, 6) is 4.94. The van der Waals surface area contributed by atoms with E-state index < -0.39 is 11.8 Å². The molecule has 0 unspecified atom stereocenters. The Morgan fingerprint density at radius 2 is 2.24 bits per heavy atom. The van der Waals surface area contributed by atoms with Crippen LogP contribution in [0.15, 0.2) is 35.7 Å². The van der Waals surface area contributed by atoms with Crippen LogP contribution in [0.2, 0.25) is 0 Å². The van der Waals surface area contributed by atoms with Crippen LogP contribution in [0.1, 0.15) is 10.4 Å². The lowest BCUT2D eigenvalue weighted by molar-refractivity contribution is 0.252. The highest BCUT2D eigenvalue weighted by Gasteiger charge is 2.04. The molecule has 0 aliphatic carbocycles. The number of urea groups is 1. The number of aliphatic hydroxyl groups is 1. The quantitative estimate of drug-likeness (QED) is 0.763. The van der Waals surface area contributed by atoms with E-state index in [-0.39, 0.29) is 6.61 Å². The number of hydrogen-bond acceptors (Lipinski definition) is 3. The Bertz CT molecular complexity index is 688. The molecule has 6 heteroatoms. The second kappa shape index (κ2) is 7.43. The molecule has 21 heavy (non-hydrogen) atoms. The molecule has 0 atom stereocenters. The van der Waals surface area contributed by atoms with Gasteiger partial charge in [0.25, 0.3) is 0 Å². The lowest BCUT2D eigenvalue weighted by atomic mass is 10.3. The van der Waals surface area contributed by atoms with Crippen molar-refractivity contribution in [1.82, 2.24) is 5.32 Å². The molecule has 0 aliphatic heterocycles. The molecule has 2 amide bonds. The van der Waals surface area contributed by atoms with E-state index in [1.807, 2.05) is 11.4 Å². The van der Waals surface area contributed by atoms with Crippen molar-refractivity contribution >= 4 is 23.1 Å². The van der Waals surface area contributed by atoms with Crippen molar-refractivity contribution in [2.45, 2.75) is 6.54 Å². The standard InChI is InChI=1S/C15H13FN2O2S/c16-12-4-1-5-13(8-12)18-15(20)17-9-14-7-11(10-21-14)3-2-6-19/h1,4-5,7-8,10,19H,6,9H2,(H2,17,18,20). The minimum absolute atomic E-state index is 0.181. The van der Waals surface area contributed by atoms with Crippen molar-refractivity contribution in [3.63, 3.8) is 0 Å². The molecule has 0 saturated carbocycles. The summed E-state index contributed by atoms with van der Waals surface area (Å²) < 4.78 is 13.0. The molecular formula is C15H13FN2O2S. The second-order valence-electron chi connectivity index (χ2n) is 4.08. The smallest absolute Gasteiger partial charge is 0.319 e. The second-order valence-corrected chi connectivity index (χ2v) is 5.08. The Kier molecular flexibility index (Phi) is 5.32. The summed E-state index contributed by atoms with van der Waals surface area (Å²) in [6.45, 7) is 0.173. The summed E-state index contributed by atoms with van der Waals surface area (Å²) in [4.78, 5) is 12.6.